The Morgan fingerprint density at radius 2 is 2.19 bits per heavy atom. The normalized spacial score (nSPS) is 18.7. The van der Waals surface area contributed by atoms with Crippen molar-refractivity contribution in [2.75, 3.05) is 18.6 Å². The van der Waals surface area contributed by atoms with Crippen LogP contribution in [0.2, 0.25) is 0 Å². The van der Waals surface area contributed by atoms with Gasteiger partial charge >= 0.3 is 0 Å². The fraction of sp³-hybridized carbons (Fsp3) is 0.455. The van der Waals surface area contributed by atoms with E-state index in [4.69, 9.17) is 10.6 Å². The van der Waals surface area contributed by atoms with Crippen LogP contribution < -0.4 is 16.0 Å². The van der Waals surface area contributed by atoms with Gasteiger partial charge in [-0.05, 0) is 25.0 Å². The van der Waals surface area contributed by atoms with Crippen molar-refractivity contribution in [3.63, 3.8) is 0 Å². The first kappa shape index (κ1) is 15.6. The summed E-state index contributed by atoms with van der Waals surface area (Å²) in [5, 5.41) is 11.0. The number of nitro benzene ring substituents is 1. The standard InChI is InChI=1S/C11H16N4O5S/c1-7-4-9(13-12)10(15(16)17)5-11(7)21(18,19)14-8-2-3-20-6-8/h4-5,8,13-14H,2-3,6,12H2,1H3. The molecule has 1 aromatic rings. The first-order chi connectivity index (χ1) is 9.85. The van der Waals surface area contributed by atoms with Crippen molar-refractivity contribution in [3.8, 4) is 0 Å². The molecule has 2 rings (SSSR count). The van der Waals surface area contributed by atoms with Crippen molar-refractivity contribution in [1.82, 2.24) is 4.72 Å². The molecular formula is C11H16N4O5S. The van der Waals surface area contributed by atoms with Crippen molar-refractivity contribution in [3.05, 3.63) is 27.8 Å². The van der Waals surface area contributed by atoms with E-state index in [1.165, 1.54) is 6.07 Å². The second kappa shape index (κ2) is 5.93. The molecule has 9 nitrogen and oxygen atoms in total. The lowest BCUT2D eigenvalue weighted by Gasteiger charge is -2.14. The summed E-state index contributed by atoms with van der Waals surface area (Å²) in [5.74, 6) is 5.21. The average molecular weight is 316 g/mol. The Morgan fingerprint density at radius 1 is 1.48 bits per heavy atom. The summed E-state index contributed by atoms with van der Waals surface area (Å²) in [5.41, 5.74) is 2.21. The van der Waals surface area contributed by atoms with Crippen LogP contribution in [0.25, 0.3) is 0 Å². The van der Waals surface area contributed by atoms with Crippen LogP contribution in [-0.4, -0.2) is 32.6 Å². The van der Waals surface area contributed by atoms with Gasteiger partial charge < -0.3 is 10.2 Å². The van der Waals surface area contributed by atoms with Crippen LogP contribution in [0.3, 0.4) is 0 Å². The highest BCUT2D eigenvalue weighted by atomic mass is 32.2. The number of nitrogens with two attached hydrogens (primary N) is 1. The maximum absolute atomic E-state index is 12.3. The highest BCUT2D eigenvalue weighted by molar-refractivity contribution is 7.89. The molecule has 116 valence electrons. The number of sulfonamides is 1. The Kier molecular flexibility index (Phi) is 4.42. The van der Waals surface area contributed by atoms with Gasteiger partial charge in [0.2, 0.25) is 10.0 Å². The van der Waals surface area contributed by atoms with E-state index in [0.29, 0.717) is 25.2 Å². The fourth-order valence-corrected chi connectivity index (χ4v) is 3.65. The van der Waals surface area contributed by atoms with Gasteiger partial charge in [0, 0.05) is 18.7 Å². The first-order valence-corrected chi connectivity index (χ1v) is 7.69. The van der Waals surface area contributed by atoms with Crippen molar-refractivity contribution < 1.29 is 18.1 Å². The summed E-state index contributed by atoms with van der Waals surface area (Å²) >= 11 is 0. The molecule has 10 heteroatoms. The number of hydrazine groups is 1. The number of hydrogen-bond donors (Lipinski definition) is 3. The molecule has 1 aliphatic heterocycles. The van der Waals surface area contributed by atoms with E-state index in [0.717, 1.165) is 6.07 Å². The fourth-order valence-electron chi connectivity index (χ4n) is 2.14. The van der Waals surface area contributed by atoms with Crippen molar-refractivity contribution >= 4 is 21.4 Å². The maximum Gasteiger partial charge on any atom is 0.295 e. The van der Waals surface area contributed by atoms with Gasteiger partial charge in [0.05, 0.1) is 16.4 Å². The molecular weight excluding hydrogens is 300 g/mol. The molecule has 1 heterocycles. The van der Waals surface area contributed by atoms with E-state index in [2.05, 4.69) is 10.1 Å². The number of anilines is 1. The van der Waals surface area contributed by atoms with Crippen LogP contribution >= 0.6 is 0 Å². The second-order valence-corrected chi connectivity index (χ2v) is 6.40. The molecule has 1 saturated heterocycles. The van der Waals surface area contributed by atoms with E-state index >= 15 is 0 Å². The van der Waals surface area contributed by atoms with E-state index in [9.17, 15) is 18.5 Å². The van der Waals surface area contributed by atoms with Crippen molar-refractivity contribution in [1.29, 1.82) is 0 Å². The molecule has 0 radical (unpaired) electrons. The molecule has 1 fully saturated rings. The highest BCUT2D eigenvalue weighted by Crippen LogP contribution is 2.30. The quantitative estimate of drug-likeness (QED) is 0.402. The molecule has 0 amide bonds. The maximum atomic E-state index is 12.3. The minimum absolute atomic E-state index is 0.0562. The van der Waals surface area contributed by atoms with Gasteiger partial charge in [-0.25, -0.2) is 13.1 Å². The van der Waals surface area contributed by atoms with Gasteiger partial charge in [0.25, 0.3) is 5.69 Å². The molecule has 0 spiro atoms. The molecule has 1 aliphatic rings. The number of nitrogens with zero attached hydrogens (tertiary/aromatic N) is 1. The zero-order chi connectivity index (χ0) is 15.6. The summed E-state index contributed by atoms with van der Waals surface area (Å²) < 4.78 is 32.3. The number of ether oxygens (including phenoxy) is 1. The Balaban J connectivity index is 2.42. The predicted molar refractivity (Wildman–Crippen MR) is 75.2 cm³/mol. The molecule has 4 N–H and O–H groups in total. The predicted octanol–water partition coefficient (Wildman–Crippen LogP) is 0.256. The number of hydrogen-bond acceptors (Lipinski definition) is 7. The molecule has 0 bridgehead atoms. The molecule has 21 heavy (non-hydrogen) atoms. The smallest absolute Gasteiger partial charge is 0.295 e. The van der Waals surface area contributed by atoms with Crippen LogP contribution in [0.4, 0.5) is 11.4 Å². The second-order valence-electron chi connectivity index (χ2n) is 4.72. The Hall–Kier alpha value is -1.75. The van der Waals surface area contributed by atoms with E-state index < -0.39 is 20.6 Å². The topological polar surface area (TPSA) is 137 Å². The third-order valence-electron chi connectivity index (χ3n) is 3.19. The lowest BCUT2D eigenvalue weighted by Crippen LogP contribution is -2.35. The van der Waals surface area contributed by atoms with Crippen LogP contribution in [0.15, 0.2) is 17.0 Å². The van der Waals surface area contributed by atoms with Crippen molar-refractivity contribution in [2.24, 2.45) is 5.84 Å². The first-order valence-electron chi connectivity index (χ1n) is 6.21. The third kappa shape index (κ3) is 3.29. The Labute approximate surface area is 121 Å². The lowest BCUT2D eigenvalue weighted by molar-refractivity contribution is -0.384. The zero-order valence-electron chi connectivity index (χ0n) is 11.3. The number of benzene rings is 1. The van der Waals surface area contributed by atoms with E-state index in [-0.39, 0.29) is 16.6 Å². The molecule has 1 atom stereocenters. The summed E-state index contributed by atoms with van der Waals surface area (Å²) in [6, 6.07) is 2.02. The number of nitro groups is 1. The number of nitrogen functional groups attached to an aromatic ring is 1. The third-order valence-corrected chi connectivity index (χ3v) is 4.85. The van der Waals surface area contributed by atoms with Crippen LogP contribution in [0, 0.1) is 17.0 Å². The van der Waals surface area contributed by atoms with Gasteiger partial charge in [-0.1, -0.05) is 0 Å². The Bertz CT molecular complexity index is 655. The molecule has 1 unspecified atom stereocenters. The molecule has 0 aliphatic carbocycles. The van der Waals surface area contributed by atoms with Crippen LogP contribution in [0.5, 0.6) is 0 Å². The Morgan fingerprint density at radius 3 is 2.71 bits per heavy atom. The highest BCUT2D eigenvalue weighted by Gasteiger charge is 2.27. The lowest BCUT2D eigenvalue weighted by atomic mass is 10.2. The number of aryl methyl sites for hydroxylation is 1. The average Bonchev–Trinajstić information content (AvgIpc) is 2.89. The van der Waals surface area contributed by atoms with Gasteiger partial charge in [-0.2, -0.15) is 0 Å². The number of nitrogens with one attached hydrogen (secondary N) is 2. The van der Waals surface area contributed by atoms with Gasteiger partial charge in [-0.15, -0.1) is 0 Å². The summed E-state index contributed by atoms with van der Waals surface area (Å²) in [4.78, 5) is 10.2. The van der Waals surface area contributed by atoms with Crippen LogP contribution in [0.1, 0.15) is 12.0 Å². The van der Waals surface area contributed by atoms with E-state index in [1.807, 2.05) is 0 Å². The van der Waals surface area contributed by atoms with Gasteiger partial charge in [0.1, 0.15) is 5.69 Å². The van der Waals surface area contributed by atoms with E-state index in [1.54, 1.807) is 6.92 Å². The summed E-state index contributed by atoms with van der Waals surface area (Å²) in [6.07, 6.45) is 0.572. The largest absolute Gasteiger partial charge is 0.380 e. The molecule has 0 saturated carbocycles. The minimum Gasteiger partial charge on any atom is -0.380 e. The SMILES string of the molecule is Cc1cc(NN)c([N+](=O)[O-])cc1S(=O)(=O)NC1CCOC1. The van der Waals surface area contributed by atoms with Crippen molar-refractivity contribution in [2.45, 2.75) is 24.3 Å². The van der Waals surface area contributed by atoms with Crippen LogP contribution in [-0.2, 0) is 14.8 Å². The molecule has 0 aromatic heterocycles. The number of rotatable bonds is 5. The summed E-state index contributed by atoms with van der Waals surface area (Å²) in [6.45, 7) is 2.33. The minimum atomic E-state index is -3.86. The van der Waals surface area contributed by atoms with Gasteiger partial charge in [-0.3, -0.25) is 16.0 Å². The summed E-state index contributed by atoms with van der Waals surface area (Å²) in [7, 11) is -3.86. The monoisotopic (exact) mass is 316 g/mol. The zero-order valence-corrected chi connectivity index (χ0v) is 12.1. The van der Waals surface area contributed by atoms with Gasteiger partial charge in [0.15, 0.2) is 0 Å². The molecule has 1 aromatic carbocycles.